The molecule has 0 bridgehead atoms. The molecule has 1 aromatic carbocycles. The van der Waals surface area contributed by atoms with Gasteiger partial charge in [0.05, 0.1) is 0 Å². The quantitative estimate of drug-likeness (QED) is 0.848. The number of benzene rings is 1. The lowest BCUT2D eigenvalue weighted by Gasteiger charge is -2.29. The van der Waals surface area contributed by atoms with Crippen molar-refractivity contribution in [2.75, 3.05) is 20.1 Å². The molecule has 2 fully saturated rings. The summed E-state index contributed by atoms with van der Waals surface area (Å²) in [6, 6.07) is 7.63. The molecule has 1 aliphatic carbocycles. The van der Waals surface area contributed by atoms with Gasteiger partial charge in [-0.3, -0.25) is 9.59 Å². The van der Waals surface area contributed by atoms with Crippen LogP contribution in [0.5, 0.6) is 0 Å². The predicted octanol–water partition coefficient (Wildman–Crippen LogP) is 3.57. The molecular formula is C20H28N2O2. The van der Waals surface area contributed by atoms with Gasteiger partial charge < -0.3 is 9.80 Å². The van der Waals surface area contributed by atoms with Crippen LogP contribution in [0.15, 0.2) is 24.3 Å². The molecule has 1 aliphatic heterocycles. The molecule has 0 radical (unpaired) electrons. The third-order valence-electron chi connectivity index (χ3n) is 5.68. The Hall–Kier alpha value is -1.84. The van der Waals surface area contributed by atoms with Crippen LogP contribution in [0.25, 0.3) is 0 Å². The Bertz CT molecular complexity index is 607. The summed E-state index contributed by atoms with van der Waals surface area (Å²) in [6.07, 6.45) is 7.35. The van der Waals surface area contributed by atoms with Crippen LogP contribution in [-0.2, 0) is 0 Å². The summed E-state index contributed by atoms with van der Waals surface area (Å²) in [5.74, 6) is 0.742. The predicted molar refractivity (Wildman–Crippen MR) is 95.1 cm³/mol. The van der Waals surface area contributed by atoms with Gasteiger partial charge in [0.25, 0.3) is 11.8 Å². The molecule has 0 unspecified atom stereocenters. The zero-order valence-electron chi connectivity index (χ0n) is 14.8. The van der Waals surface area contributed by atoms with Gasteiger partial charge in [-0.1, -0.05) is 18.9 Å². The number of amides is 2. The monoisotopic (exact) mass is 328 g/mol. The molecular weight excluding hydrogens is 300 g/mol. The highest BCUT2D eigenvalue weighted by Crippen LogP contribution is 2.36. The summed E-state index contributed by atoms with van der Waals surface area (Å²) in [7, 11) is 1.79. The number of hydrogen-bond acceptors (Lipinski definition) is 2. The highest BCUT2D eigenvalue weighted by Gasteiger charge is 2.36. The third kappa shape index (κ3) is 3.33. The van der Waals surface area contributed by atoms with Gasteiger partial charge in [0.2, 0.25) is 0 Å². The lowest BCUT2D eigenvalue weighted by molar-refractivity contribution is 0.0689. The van der Waals surface area contributed by atoms with Gasteiger partial charge in [-0.15, -0.1) is 0 Å². The molecule has 4 heteroatoms. The average Bonchev–Trinajstić information content (AvgIpc) is 3.30. The van der Waals surface area contributed by atoms with Crippen molar-refractivity contribution in [2.24, 2.45) is 5.92 Å². The van der Waals surface area contributed by atoms with Crippen molar-refractivity contribution in [1.29, 1.82) is 0 Å². The van der Waals surface area contributed by atoms with E-state index in [1.165, 1.54) is 25.7 Å². The molecule has 2 aliphatic rings. The van der Waals surface area contributed by atoms with Crippen LogP contribution in [0, 0.1) is 5.92 Å². The Kier molecular flexibility index (Phi) is 5.22. The van der Waals surface area contributed by atoms with E-state index in [1.54, 1.807) is 24.1 Å². The minimum atomic E-state index is -0.0269. The van der Waals surface area contributed by atoms with Crippen molar-refractivity contribution in [2.45, 2.75) is 51.5 Å². The van der Waals surface area contributed by atoms with E-state index in [4.69, 9.17) is 0 Å². The van der Waals surface area contributed by atoms with Crippen molar-refractivity contribution in [3.05, 3.63) is 35.4 Å². The van der Waals surface area contributed by atoms with Crippen LogP contribution in [0.1, 0.15) is 66.2 Å². The summed E-state index contributed by atoms with van der Waals surface area (Å²) in [5.41, 5.74) is 1.25. The molecule has 0 N–H and O–H groups in total. The van der Waals surface area contributed by atoms with E-state index in [1.807, 2.05) is 19.1 Å². The fourth-order valence-electron chi connectivity index (χ4n) is 4.19. The Balaban J connectivity index is 1.78. The van der Waals surface area contributed by atoms with Crippen molar-refractivity contribution >= 4 is 11.8 Å². The van der Waals surface area contributed by atoms with Gasteiger partial charge in [-0.2, -0.15) is 0 Å². The first-order valence-corrected chi connectivity index (χ1v) is 9.28. The first-order chi connectivity index (χ1) is 11.6. The fraction of sp³-hybridized carbons (Fsp3) is 0.600. The smallest absolute Gasteiger partial charge is 0.254 e. The van der Waals surface area contributed by atoms with Crippen LogP contribution in [0.3, 0.4) is 0 Å². The van der Waals surface area contributed by atoms with Gasteiger partial charge in [0.15, 0.2) is 0 Å². The van der Waals surface area contributed by atoms with E-state index in [0.717, 1.165) is 19.4 Å². The van der Waals surface area contributed by atoms with Crippen LogP contribution in [-0.4, -0.2) is 47.8 Å². The minimum Gasteiger partial charge on any atom is -0.342 e. The van der Waals surface area contributed by atoms with E-state index in [9.17, 15) is 9.59 Å². The average molecular weight is 328 g/mol. The lowest BCUT2D eigenvalue weighted by atomic mass is 9.95. The second kappa shape index (κ2) is 7.37. The lowest BCUT2D eigenvalue weighted by Crippen LogP contribution is -2.39. The van der Waals surface area contributed by atoms with Crippen molar-refractivity contribution in [3.63, 3.8) is 0 Å². The maximum Gasteiger partial charge on any atom is 0.254 e. The summed E-state index contributed by atoms with van der Waals surface area (Å²) in [6.45, 7) is 3.46. The van der Waals surface area contributed by atoms with Crippen molar-refractivity contribution in [1.82, 2.24) is 9.80 Å². The second-order valence-corrected chi connectivity index (χ2v) is 7.15. The Morgan fingerprint density at radius 2 is 1.83 bits per heavy atom. The van der Waals surface area contributed by atoms with E-state index in [-0.39, 0.29) is 11.8 Å². The summed E-state index contributed by atoms with van der Waals surface area (Å²) in [5, 5.41) is 0. The molecule has 1 atom stereocenters. The molecule has 1 saturated carbocycles. The highest BCUT2D eigenvalue weighted by atomic mass is 16.2. The molecule has 130 valence electrons. The van der Waals surface area contributed by atoms with E-state index < -0.39 is 0 Å². The number of hydrogen-bond donors (Lipinski definition) is 0. The molecule has 2 amide bonds. The SMILES string of the molecule is CCN(C)C(=O)c1cccc(C(=O)N2CCC[C@@H]2C2CCCC2)c1. The largest absolute Gasteiger partial charge is 0.342 e. The van der Waals surface area contributed by atoms with E-state index in [0.29, 0.717) is 29.6 Å². The molecule has 1 aromatic rings. The molecule has 3 rings (SSSR count). The molecule has 1 heterocycles. The summed E-state index contributed by atoms with van der Waals surface area (Å²) >= 11 is 0. The number of carbonyl (C=O) groups is 2. The molecule has 0 spiro atoms. The maximum atomic E-state index is 13.0. The molecule has 24 heavy (non-hydrogen) atoms. The van der Waals surface area contributed by atoms with E-state index in [2.05, 4.69) is 4.90 Å². The number of carbonyl (C=O) groups excluding carboxylic acids is 2. The zero-order chi connectivity index (χ0) is 17.1. The van der Waals surface area contributed by atoms with Gasteiger partial charge in [-0.05, 0) is 56.7 Å². The minimum absolute atomic E-state index is 0.0269. The molecule has 1 saturated heterocycles. The molecule has 4 nitrogen and oxygen atoms in total. The fourth-order valence-corrected chi connectivity index (χ4v) is 4.19. The number of nitrogens with zero attached hydrogens (tertiary/aromatic N) is 2. The maximum absolute atomic E-state index is 13.0. The Morgan fingerprint density at radius 1 is 1.12 bits per heavy atom. The van der Waals surface area contributed by atoms with Crippen LogP contribution >= 0.6 is 0 Å². The first kappa shape index (κ1) is 17.0. The first-order valence-electron chi connectivity index (χ1n) is 9.28. The Morgan fingerprint density at radius 3 is 2.54 bits per heavy atom. The van der Waals surface area contributed by atoms with Crippen LogP contribution in [0.2, 0.25) is 0 Å². The summed E-state index contributed by atoms with van der Waals surface area (Å²) < 4.78 is 0. The Labute approximate surface area is 144 Å². The van der Waals surface area contributed by atoms with Gasteiger partial charge in [0, 0.05) is 37.3 Å². The number of rotatable bonds is 4. The third-order valence-corrected chi connectivity index (χ3v) is 5.68. The van der Waals surface area contributed by atoms with Crippen molar-refractivity contribution < 1.29 is 9.59 Å². The summed E-state index contributed by atoms with van der Waals surface area (Å²) in [4.78, 5) is 29.1. The highest BCUT2D eigenvalue weighted by molar-refractivity contribution is 5.99. The molecule has 0 aromatic heterocycles. The van der Waals surface area contributed by atoms with Crippen LogP contribution < -0.4 is 0 Å². The standard InChI is InChI=1S/C20H28N2O2/c1-3-21(2)19(23)16-10-6-11-17(14-16)20(24)22-13-7-12-18(22)15-8-4-5-9-15/h6,10-11,14-15,18H,3-5,7-9,12-13H2,1-2H3/t18-/m1/s1. The topological polar surface area (TPSA) is 40.6 Å². The zero-order valence-corrected chi connectivity index (χ0v) is 14.8. The second-order valence-electron chi connectivity index (χ2n) is 7.15. The van der Waals surface area contributed by atoms with Crippen LogP contribution in [0.4, 0.5) is 0 Å². The normalized spacial score (nSPS) is 21.2. The van der Waals surface area contributed by atoms with Gasteiger partial charge in [0.1, 0.15) is 0 Å². The number of likely N-dealkylation sites (tertiary alicyclic amines) is 1. The van der Waals surface area contributed by atoms with E-state index >= 15 is 0 Å². The van der Waals surface area contributed by atoms with Gasteiger partial charge >= 0.3 is 0 Å². The van der Waals surface area contributed by atoms with Crippen molar-refractivity contribution in [3.8, 4) is 0 Å². The van der Waals surface area contributed by atoms with Gasteiger partial charge in [-0.25, -0.2) is 0 Å².